The van der Waals surface area contributed by atoms with Gasteiger partial charge in [-0.15, -0.1) is 5.10 Å². The van der Waals surface area contributed by atoms with Crippen LogP contribution in [0, 0.1) is 0 Å². The van der Waals surface area contributed by atoms with Crippen LogP contribution < -0.4 is 9.80 Å². The fourth-order valence-corrected chi connectivity index (χ4v) is 2.97. The Labute approximate surface area is 145 Å². The van der Waals surface area contributed by atoms with Crippen molar-refractivity contribution in [3.63, 3.8) is 0 Å². The number of amides is 1. The summed E-state index contributed by atoms with van der Waals surface area (Å²) in [6.07, 6.45) is 0. The number of fused-ring (bicyclic) bond motifs is 1. The van der Waals surface area contributed by atoms with Crippen molar-refractivity contribution < 1.29 is 9.53 Å². The molecule has 0 radical (unpaired) electrons. The molecule has 0 unspecified atom stereocenters. The quantitative estimate of drug-likeness (QED) is 0.718. The zero-order valence-electron chi connectivity index (χ0n) is 14.0. The maximum atomic E-state index is 12.8. The van der Waals surface area contributed by atoms with Crippen molar-refractivity contribution >= 4 is 28.4 Å². The van der Waals surface area contributed by atoms with Crippen molar-refractivity contribution in [2.45, 2.75) is 0 Å². The summed E-state index contributed by atoms with van der Waals surface area (Å²) in [4.78, 5) is 16.6. The lowest BCUT2D eigenvalue weighted by Crippen LogP contribution is -2.36. The Morgan fingerprint density at radius 1 is 1.08 bits per heavy atom. The maximum Gasteiger partial charge on any atom is 0.350 e. The van der Waals surface area contributed by atoms with E-state index in [1.165, 1.54) is 4.68 Å². The molecule has 1 saturated heterocycles. The molecule has 3 aromatic rings. The van der Waals surface area contributed by atoms with Crippen molar-refractivity contribution in [2.24, 2.45) is 0 Å². The van der Waals surface area contributed by atoms with Gasteiger partial charge in [0.15, 0.2) is 0 Å². The fraction of sp³-hybridized carbons (Fsp3) is 0.278. The van der Waals surface area contributed by atoms with E-state index in [1.54, 1.807) is 11.9 Å². The van der Waals surface area contributed by atoms with Crippen LogP contribution in [0.2, 0.25) is 0 Å². The maximum absolute atomic E-state index is 12.8. The van der Waals surface area contributed by atoms with Crippen LogP contribution in [0.4, 0.5) is 16.2 Å². The number of para-hydroxylation sites is 1. The Balaban J connectivity index is 1.55. The number of hydrogen-bond acceptors (Lipinski definition) is 5. The highest BCUT2D eigenvalue weighted by Crippen LogP contribution is 2.22. The third kappa shape index (κ3) is 2.94. The van der Waals surface area contributed by atoms with Gasteiger partial charge in [-0.25, -0.2) is 4.79 Å². The molecule has 25 heavy (non-hydrogen) atoms. The van der Waals surface area contributed by atoms with Gasteiger partial charge in [-0.2, -0.15) is 4.68 Å². The van der Waals surface area contributed by atoms with E-state index in [0.29, 0.717) is 11.0 Å². The normalized spacial score (nSPS) is 14.7. The van der Waals surface area contributed by atoms with Crippen LogP contribution in [0.1, 0.15) is 0 Å². The third-order valence-electron chi connectivity index (χ3n) is 4.43. The number of morpholine rings is 1. The summed E-state index contributed by atoms with van der Waals surface area (Å²) in [6.45, 7) is 3.27. The second-order valence-electron chi connectivity index (χ2n) is 5.95. The first-order chi connectivity index (χ1) is 12.2. The monoisotopic (exact) mass is 337 g/mol. The van der Waals surface area contributed by atoms with Crippen molar-refractivity contribution in [3.8, 4) is 0 Å². The Hall–Kier alpha value is -2.93. The summed E-state index contributed by atoms with van der Waals surface area (Å²) in [6, 6.07) is 15.1. The molecule has 0 bridgehead atoms. The number of nitrogens with zero attached hydrogens (tertiary/aromatic N) is 5. The summed E-state index contributed by atoms with van der Waals surface area (Å²) in [7, 11) is 1.74. The standard InChI is InChI=1S/C18H19N5O2/c1-21(18(24)23-17-5-3-2-4-16(17)19-20-23)14-6-8-15(9-7-14)22-10-12-25-13-11-22/h2-9H,10-13H2,1H3. The Morgan fingerprint density at radius 2 is 1.80 bits per heavy atom. The Bertz CT molecular complexity index is 884. The SMILES string of the molecule is CN(C(=O)n1nnc2ccccc21)c1ccc(N2CCOCC2)cc1. The number of ether oxygens (including phenoxy) is 1. The molecule has 1 amide bonds. The van der Waals surface area contributed by atoms with Crippen LogP contribution in [0.15, 0.2) is 48.5 Å². The molecule has 4 rings (SSSR count). The molecule has 7 heteroatoms. The topological polar surface area (TPSA) is 63.5 Å². The second kappa shape index (κ2) is 6.52. The van der Waals surface area contributed by atoms with Crippen LogP contribution in [0.25, 0.3) is 11.0 Å². The molecule has 128 valence electrons. The number of rotatable bonds is 2. The lowest BCUT2D eigenvalue weighted by atomic mass is 10.2. The Kier molecular flexibility index (Phi) is 4.07. The minimum Gasteiger partial charge on any atom is -0.378 e. The van der Waals surface area contributed by atoms with Gasteiger partial charge in [0, 0.05) is 31.5 Å². The first-order valence-electron chi connectivity index (χ1n) is 8.25. The molecule has 1 fully saturated rings. The molecular formula is C18H19N5O2. The minimum absolute atomic E-state index is 0.243. The van der Waals surface area contributed by atoms with Gasteiger partial charge in [0.2, 0.25) is 0 Å². The lowest BCUT2D eigenvalue weighted by molar-refractivity contribution is 0.122. The van der Waals surface area contributed by atoms with E-state index in [9.17, 15) is 4.79 Å². The molecule has 1 aliphatic heterocycles. The van der Waals surface area contributed by atoms with Gasteiger partial charge in [0.25, 0.3) is 0 Å². The van der Waals surface area contributed by atoms with Crippen LogP contribution >= 0.6 is 0 Å². The van der Waals surface area contributed by atoms with E-state index in [-0.39, 0.29) is 6.03 Å². The summed E-state index contributed by atoms with van der Waals surface area (Å²) in [5.74, 6) is 0. The zero-order chi connectivity index (χ0) is 17.2. The van der Waals surface area contributed by atoms with E-state index in [2.05, 4.69) is 15.2 Å². The van der Waals surface area contributed by atoms with Crippen molar-refractivity contribution in [2.75, 3.05) is 43.2 Å². The number of carbonyl (C=O) groups excluding carboxylic acids is 1. The third-order valence-corrected chi connectivity index (χ3v) is 4.43. The van der Waals surface area contributed by atoms with Gasteiger partial charge in [0.05, 0.1) is 18.7 Å². The summed E-state index contributed by atoms with van der Waals surface area (Å²) in [5.41, 5.74) is 3.34. The minimum atomic E-state index is -0.243. The first kappa shape index (κ1) is 15.6. The van der Waals surface area contributed by atoms with Gasteiger partial charge in [-0.1, -0.05) is 17.3 Å². The van der Waals surface area contributed by atoms with E-state index in [0.717, 1.165) is 37.7 Å². The molecule has 0 aliphatic carbocycles. The molecule has 1 aliphatic rings. The predicted molar refractivity (Wildman–Crippen MR) is 96.2 cm³/mol. The predicted octanol–water partition coefficient (Wildman–Crippen LogP) is 2.37. The van der Waals surface area contributed by atoms with Crippen molar-refractivity contribution in [1.82, 2.24) is 15.0 Å². The second-order valence-corrected chi connectivity index (χ2v) is 5.95. The molecule has 2 heterocycles. The number of aromatic nitrogens is 3. The summed E-state index contributed by atoms with van der Waals surface area (Å²) >= 11 is 0. The number of anilines is 2. The molecule has 0 N–H and O–H groups in total. The molecule has 1 aromatic heterocycles. The average molecular weight is 337 g/mol. The van der Waals surface area contributed by atoms with Crippen LogP contribution in [0.3, 0.4) is 0 Å². The van der Waals surface area contributed by atoms with Gasteiger partial charge in [-0.05, 0) is 36.4 Å². The summed E-state index contributed by atoms with van der Waals surface area (Å²) < 4.78 is 6.71. The summed E-state index contributed by atoms with van der Waals surface area (Å²) in [5, 5.41) is 8.02. The van der Waals surface area contributed by atoms with Gasteiger partial charge < -0.3 is 9.64 Å². The Morgan fingerprint density at radius 3 is 2.56 bits per heavy atom. The van der Waals surface area contributed by atoms with Crippen LogP contribution in [-0.2, 0) is 4.74 Å². The van der Waals surface area contributed by atoms with E-state index < -0.39 is 0 Å². The molecule has 0 spiro atoms. The average Bonchev–Trinajstić information content (AvgIpc) is 3.12. The molecule has 0 atom stereocenters. The van der Waals surface area contributed by atoms with E-state index in [1.807, 2.05) is 48.5 Å². The van der Waals surface area contributed by atoms with Gasteiger partial charge in [0.1, 0.15) is 5.52 Å². The molecular weight excluding hydrogens is 318 g/mol. The van der Waals surface area contributed by atoms with E-state index in [4.69, 9.17) is 4.74 Å². The highest BCUT2D eigenvalue weighted by atomic mass is 16.5. The number of benzene rings is 2. The molecule has 7 nitrogen and oxygen atoms in total. The largest absolute Gasteiger partial charge is 0.378 e. The number of hydrogen-bond donors (Lipinski definition) is 0. The fourth-order valence-electron chi connectivity index (χ4n) is 2.97. The van der Waals surface area contributed by atoms with Crippen molar-refractivity contribution in [1.29, 1.82) is 0 Å². The van der Waals surface area contributed by atoms with E-state index >= 15 is 0 Å². The number of carbonyl (C=O) groups is 1. The van der Waals surface area contributed by atoms with Crippen molar-refractivity contribution in [3.05, 3.63) is 48.5 Å². The highest BCUT2D eigenvalue weighted by molar-refractivity contribution is 5.97. The van der Waals surface area contributed by atoms with Crippen LogP contribution in [0.5, 0.6) is 0 Å². The van der Waals surface area contributed by atoms with Gasteiger partial charge in [-0.3, -0.25) is 4.90 Å². The zero-order valence-corrected chi connectivity index (χ0v) is 14.0. The van der Waals surface area contributed by atoms with Crippen LogP contribution in [-0.4, -0.2) is 54.4 Å². The smallest absolute Gasteiger partial charge is 0.350 e. The first-order valence-corrected chi connectivity index (χ1v) is 8.25. The van der Waals surface area contributed by atoms with Gasteiger partial charge >= 0.3 is 6.03 Å². The highest BCUT2D eigenvalue weighted by Gasteiger charge is 2.18. The molecule has 0 saturated carbocycles. The lowest BCUT2D eigenvalue weighted by Gasteiger charge is -2.29. The molecule has 2 aromatic carbocycles.